The van der Waals surface area contributed by atoms with E-state index in [1.807, 2.05) is 12.1 Å². The summed E-state index contributed by atoms with van der Waals surface area (Å²) in [6, 6.07) is 12.5. The van der Waals surface area contributed by atoms with Crippen molar-refractivity contribution in [3.05, 3.63) is 47.5 Å². The number of carbonyl (C=O) groups is 1. The number of aliphatic hydroxyl groups excluding tert-OH is 2. The lowest BCUT2D eigenvalue weighted by Crippen LogP contribution is -2.19. The van der Waals surface area contributed by atoms with E-state index in [0.717, 1.165) is 5.39 Å². The van der Waals surface area contributed by atoms with E-state index in [2.05, 4.69) is 0 Å². The number of benzene rings is 2. The zero-order valence-electron chi connectivity index (χ0n) is 10.2. The molecule has 0 aromatic heterocycles. The summed E-state index contributed by atoms with van der Waals surface area (Å²) in [7, 11) is 0. The Balaban J connectivity index is 2.62. The van der Waals surface area contributed by atoms with Crippen LogP contribution in [0.15, 0.2) is 36.4 Å². The minimum absolute atomic E-state index is 0.192. The zero-order chi connectivity index (χ0) is 13.8. The summed E-state index contributed by atoms with van der Waals surface area (Å²) in [5.41, 5.74) is 0.694. The summed E-state index contributed by atoms with van der Waals surface area (Å²) in [6.07, 6.45) is -2.02. The highest BCUT2D eigenvalue weighted by atomic mass is 16.3. The van der Waals surface area contributed by atoms with Crippen LogP contribution in [-0.2, 0) is 0 Å². The summed E-state index contributed by atoms with van der Waals surface area (Å²) >= 11 is 0. The van der Waals surface area contributed by atoms with Gasteiger partial charge in [0.1, 0.15) is 12.4 Å². The van der Waals surface area contributed by atoms with Crippen molar-refractivity contribution in [2.45, 2.75) is 18.6 Å². The largest absolute Gasteiger partial charge is 0.389 e. The molecule has 2 N–H and O–H groups in total. The second-order valence-electron chi connectivity index (χ2n) is 4.28. The minimum Gasteiger partial charge on any atom is -0.389 e. The first-order valence-electron chi connectivity index (χ1n) is 5.89. The van der Waals surface area contributed by atoms with Gasteiger partial charge in [0.2, 0.25) is 0 Å². The number of hydrogen-bond donors (Lipinski definition) is 2. The Labute approximate surface area is 110 Å². The van der Waals surface area contributed by atoms with Crippen LogP contribution in [0.3, 0.4) is 0 Å². The van der Waals surface area contributed by atoms with Crippen LogP contribution >= 0.6 is 0 Å². The van der Waals surface area contributed by atoms with Gasteiger partial charge in [0.15, 0.2) is 0 Å². The van der Waals surface area contributed by atoms with Crippen LogP contribution in [0.4, 0.5) is 0 Å². The van der Waals surface area contributed by atoms with Gasteiger partial charge in [0.25, 0.3) is 0 Å². The van der Waals surface area contributed by atoms with E-state index in [1.165, 1.54) is 0 Å². The molecule has 0 amide bonds. The van der Waals surface area contributed by atoms with Crippen molar-refractivity contribution in [2.75, 3.05) is 0 Å². The van der Waals surface area contributed by atoms with Crippen LogP contribution < -0.4 is 0 Å². The standard InChI is InChI=1S/C15H13NO3/c16-8-7-13(18)15(19)14-11(9-17)6-5-10-3-1-2-4-12(10)14/h1-6,9,13,15,18-19H,7H2. The molecule has 2 aromatic carbocycles. The molecule has 0 saturated carbocycles. The number of hydrogen-bond acceptors (Lipinski definition) is 4. The molecule has 4 heteroatoms. The van der Waals surface area contributed by atoms with E-state index in [9.17, 15) is 15.0 Å². The van der Waals surface area contributed by atoms with Gasteiger partial charge in [-0.25, -0.2) is 0 Å². The molecule has 2 aromatic rings. The Morgan fingerprint density at radius 1 is 1.21 bits per heavy atom. The first-order chi connectivity index (χ1) is 9.19. The minimum atomic E-state index is -1.26. The summed E-state index contributed by atoms with van der Waals surface area (Å²) < 4.78 is 0. The number of aldehydes is 1. The maximum atomic E-state index is 11.1. The van der Waals surface area contributed by atoms with Crippen molar-refractivity contribution < 1.29 is 15.0 Å². The van der Waals surface area contributed by atoms with Gasteiger partial charge in [-0.05, 0) is 10.8 Å². The first kappa shape index (κ1) is 13.2. The fraction of sp³-hybridized carbons (Fsp3) is 0.200. The molecule has 0 aliphatic carbocycles. The second kappa shape index (κ2) is 5.61. The van der Waals surface area contributed by atoms with Gasteiger partial charge in [-0.3, -0.25) is 4.79 Å². The summed E-state index contributed by atoms with van der Waals surface area (Å²) in [6.45, 7) is 0. The molecule has 0 saturated heterocycles. The fourth-order valence-corrected chi connectivity index (χ4v) is 2.14. The van der Waals surface area contributed by atoms with Gasteiger partial charge < -0.3 is 10.2 Å². The average Bonchev–Trinajstić information content (AvgIpc) is 2.45. The molecule has 0 aliphatic rings. The molecule has 0 fully saturated rings. The maximum absolute atomic E-state index is 11.1. The number of aliphatic hydroxyl groups is 2. The normalized spacial score (nSPS) is 13.7. The second-order valence-corrected chi connectivity index (χ2v) is 4.28. The van der Waals surface area contributed by atoms with Crippen LogP contribution in [0, 0.1) is 11.3 Å². The SMILES string of the molecule is N#CCC(O)C(O)c1c(C=O)ccc2ccccc12. The van der Waals surface area contributed by atoms with Gasteiger partial charge in [-0.1, -0.05) is 36.4 Å². The molecule has 0 spiro atoms. The number of carbonyl (C=O) groups excluding carboxylic acids is 1. The Morgan fingerprint density at radius 3 is 2.63 bits per heavy atom. The van der Waals surface area contributed by atoms with E-state index >= 15 is 0 Å². The third kappa shape index (κ3) is 2.48. The Hall–Kier alpha value is -2.22. The van der Waals surface area contributed by atoms with Gasteiger partial charge in [0, 0.05) is 11.1 Å². The van der Waals surface area contributed by atoms with Crippen LogP contribution in [0.5, 0.6) is 0 Å². The van der Waals surface area contributed by atoms with Crippen LogP contribution in [-0.4, -0.2) is 22.6 Å². The van der Waals surface area contributed by atoms with Gasteiger partial charge >= 0.3 is 0 Å². The number of nitriles is 1. The summed E-state index contributed by atoms with van der Waals surface area (Å²) in [5.74, 6) is 0. The van der Waals surface area contributed by atoms with Crippen molar-refractivity contribution in [3.63, 3.8) is 0 Å². The average molecular weight is 255 g/mol. The molecular formula is C15H13NO3. The van der Waals surface area contributed by atoms with Crippen molar-refractivity contribution in [1.82, 2.24) is 0 Å². The predicted molar refractivity (Wildman–Crippen MR) is 70.5 cm³/mol. The third-order valence-corrected chi connectivity index (χ3v) is 3.09. The molecule has 0 bridgehead atoms. The quantitative estimate of drug-likeness (QED) is 0.818. The van der Waals surface area contributed by atoms with E-state index in [1.54, 1.807) is 30.3 Å². The maximum Gasteiger partial charge on any atom is 0.150 e. The third-order valence-electron chi connectivity index (χ3n) is 3.09. The number of rotatable bonds is 4. The van der Waals surface area contributed by atoms with E-state index < -0.39 is 12.2 Å². The first-order valence-corrected chi connectivity index (χ1v) is 5.89. The van der Waals surface area contributed by atoms with Crippen LogP contribution in [0.25, 0.3) is 10.8 Å². The topological polar surface area (TPSA) is 81.3 Å². The van der Waals surface area contributed by atoms with Crippen molar-refractivity contribution >= 4 is 17.1 Å². The molecule has 2 atom stereocenters. The molecule has 96 valence electrons. The molecule has 19 heavy (non-hydrogen) atoms. The van der Waals surface area contributed by atoms with Crippen LogP contribution in [0.2, 0.25) is 0 Å². The van der Waals surface area contributed by atoms with E-state index in [-0.39, 0.29) is 6.42 Å². The van der Waals surface area contributed by atoms with Crippen molar-refractivity contribution in [3.8, 4) is 6.07 Å². The molecule has 2 unspecified atom stereocenters. The predicted octanol–water partition coefficient (Wildman–Crippen LogP) is 1.96. The molecule has 0 heterocycles. The van der Waals surface area contributed by atoms with Crippen LogP contribution in [0.1, 0.15) is 28.4 Å². The van der Waals surface area contributed by atoms with E-state index in [0.29, 0.717) is 22.8 Å². The van der Waals surface area contributed by atoms with Crippen molar-refractivity contribution in [2.24, 2.45) is 0 Å². The summed E-state index contributed by atoms with van der Waals surface area (Å²) in [5, 5.41) is 30.1. The zero-order valence-corrected chi connectivity index (χ0v) is 10.2. The lowest BCUT2D eigenvalue weighted by molar-refractivity contribution is 0.0222. The molecular weight excluding hydrogens is 242 g/mol. The Bertz CT molecular complexity index is 645. The highest BCUT2D eigenvalue weighted by Gasteiger charge is 2.23. The smallest absolute Gasteiger partial charge is 0.150 e. The molecule has 4 nitrogen and oxygen atoms in total. The van der Waals surface area contributed by atoms with Crippen molar-refractivity contribution in [1.29, 1.82) is 5.26 Å². The van der Waals surface area contributed by atoms with Gasteiger partial charge in [-0.15, -0.1) is 0 Å². The lowest BCUT2D eigenvalue weighted by Gasteiger charge is -2.19. The monoisotopic (exact) mass is 255 g/mol. The lowest BCUT2D eigenvalue weighted by atomic mass is 9.92. The molecule has 2 rings (SSSR count). The Morgan fingerprint density at radius 2 is 1.95 bits per heavy atom. The fourth-order valence-electron chi connectivity index (χ4n) is 2.14. The highest BCUT2D eigenvalue weighted by molar-refractivity contribution is 5.93. The summed E-state index contributed by atoms with van der Waals surface area (Å²) in [4.78, 5) is 11.1. The number of nitrogens with zero attached hydrogens (tertiary/aromatic N) is 1. The molecule has 0 radical (unpaired) electrons. The highest BCUT2D eigenvalue weighted by Crippen LogP contribution is 2.30. The Kier molecular flexibility index (Phi) is 3.91. The van der Waals surface area contributed by atoms with E-state index in [4.69, 9.17) is 5.26 Å². The van der Waals surface area contributed by atoms with Gasteiger partial charge in [-0.2, -0.15) is 5.26 Å². The molecule has 0 aliphatic heterocycles. The van der Waals surface area contributed by atoms with Gasteiger partial charge in [0.05, 0.1) is 18.6 Å². The number of fused-ring (bicyclic) bond motifs is 1.